The first-order valence-corrected chi connectivity index (χ1v) is 9.74. The lowest BCUT2D eigenvalue weighted by molar-refractivity contribution is 0.357. The summed E-state index contributed by atoms with van der Waals surface area (Å²) in [5.74, 6) is 1.22. The molecule has 0 fully saturated rings. The van der Waals surface area contributed by atoms with Crippen LogP contribution >= 0.6 is 0 Å². The van der Waals surface area contributed by atoms with Gasteiger partial charge in [-0.25, -0.2) is 8.42 Å². The second-order valence-corrected chi connectivity index (χ2v) is 8.06. The minimum atomic E-state index is -3.63. The molecule has 0 saturated heterocycles. The highest BCUT2D eigenvalue weighted by Crippen LogP contribution is 2.14. The van der Waals surface area contributed by atoms with Crippen molar-refractivity contribution in [1.82, 2.24) is 19.0 Å². The maximum absolute atomic E-state index is 12.6. The molecule has 0 bridgehead atoms. The quantitative estimate of drug-likeness (QED) is 0.700. The SMILES string of the molecule is CCN(CC)S(=O)(=O)c1ccc(=O)n(Cc2noc(CC(C)C)n2)c1. The number of hydrogen-bond acceptors (Lipinski definition) is 6. The van der Waals surface area contributed by atoms with Crippen LogP contribution in [0.5, 0.6) is 0 Å². The summed E-state index contributed by atoms with van der Waals surface area (Å²) in [7, 11) is -3.63. The largest absolute Gasteiger partial charge is 0.339 e. The van der Waals surface area contributed by atoms with Crippen molar-refractivity contribution < 1.29 is 12.9 Å². The van der Waals surface area contributed by atoms with Crippen LogP contribution in [0.25, 0.3) is 0 Å². The molecule has 0 atom stereocenters. The van der Waals surface area contributed by atoms with E-state index < -0.39 is 10.0 Å². The summed E-state index contributed by atoms with van der Waals surface area (Å²) in [6.45, 7) is 8.40. The van der Waals surface area contributed by atoms with Crippen LogP contribution in [0.3, 0.4) is 0 Å². The van der Waals surface area contributed by atoms with Gasteiger partial charge >= 0.3 is 0 Å². The molecular weight excluding hydrogens is 344 g/mol. The Kier molecular flexibility index (Phi) is 6.12. The first-order valence-electron chi connectivity index (χ1n) is 8.30. The second-order valence-electron chi connectivity index (χ2n) is 6.12. The van der Waals surface area contributed by atoms with E-state index in [1.54, 1.807) is 13.8 Å². The van der Waals surface area contributed by atoms with E-state index >= 15 is 0 Å². The number of pyridine rings is 1. The summed E-state index contributed by atoms with van der Waals surface area (Å²) in [5, 5.41) is 3.86. The third-order valence-electron chi connectivity index (χ3n) is 3.70. The molecule has 0 unspecified atom stereocenters. The lowest BCUT2D eigenvalue weighted by Crippen LogP contribution is -2.32. The molecular formula is C16H24N4O4S. The Labute approximate surface area is 147 Å². The Balaban J connectivity index is 2.31. The van der Waals surface area contributed by atoms with Gasteiger partial charge in [0.05, 0.1) is 11.4 Å². The Bertz CT molecular complexity index is 866. The van der Waals surface area contributed by atoms with Crippen LogP contribution in [0.4, 0.5) is 0 Å². The van der Waals surface area contributed by atoms with Crippen molar-refractivity contribution in [2.75, 3.05) is 13.1 Å². The maximum atomic E-state index is 12.6. The van der Waals surface area contributed by atoms with Gasteiger partial charge in [-0.2, -0.15) is 9.29 Å². The standard InChI is InChI=1S/C16H24N4O4S/c1-5-20(6-2)25(22,23)13-7-8-16(21)19(10-13)11-14-17-15(24-18-14)9-12(3)4/h7-8,10,12H,5-6,9,11H2,1-4H3. The van der Waals surface area contributed by atoms with Crippen LogP contribution in [0.2, 0.25) is 0 Å². The average molecular weight is 368 g/mol. The van der Waals surface area contributed by atoms with Crippen molar-refractivity contribution in [3.05, 3.63) is 40.4 Å². The molecule has 2 rings (SSSR count). The van der Waals surface area contributed by atoms with Gasteiger partial charge in [-0.05, 0) is 12.0 Å². The van der Waals surface area contributed by atoms with E-state index in [9.17, 15) is 13.2 Å². The third-order valence-corrected chi connectivity index (χ3v) is 5.74. The monoisotopic (exact) mass is 368 g/mol. The number of nitrogens with zero attached hydrogens (tertiary/aromatic N) is 4. The van der Waals surface area contributed by atoms with E-state index in [1.165, 1.54) is 27.2 Å². The highest BCUT2D eigenvalue weighted by Gasteiger charge is 2.22. The zero-order valence-corrected chi connectivity index (χ0v) is 15.8. The topological polar surface area (TPSA) is 98.3 Å². The Morgan fingerprint density at radius 2 is 1.92 bits per heavy atom. The van der Waals surface area contributed by atoms with E-state index in [4.69, 9.17) is 4.52 Å². The molecule has 138 valence electrons. The van der Waals surface area contributed by atoms with Crippen LogP contribution in [-0.4, -0.2) is 40.5 Å². The van der Waals surface area contributed by atoms with Gasteiger partial charge in [0, 0.05) is 31.8 Å². The minimum Gasteiger partial charge on any atom is -0.339 e. The van der Waals surface area contributed by atoms with Crippen molar-refractivity contribution in [2.24, 2.45) is 5.92 Å². The minimum absolute atomic E-state index is 0.0576. The van der Waals surface area contributed by atoms with Crippen molar-refractivity contribution >= 4 is 10.0 Å². The molecule has 2 aromatic heterocycles. The molecule has 0 spiro atoms. The molecule has 0 aliphatic carbocycles. The molecule has 0 amide bonds. The Hall–Kier alpha value is -2.00. The van der Waals surface area contributed by atoms with E-state index in [1.807, 2.05) is 13.8 Å². The summed E-state index contributed by atoms with van der Waals surface area (Å²) in [4.78, 5) is 16.4. The molecule has 9 heteroatoms. The molecule has 2 aromatic rings. The summed E-state index contributed by atoms with van der Waals surface area (Å²) in [6, 6.07) is 2.57. The number of hydrogen-bond donors (Lipinski definition) is 0. The van der Waals surface area contributed by atoms with Crippen LogP contribution in [0, 0.1) is 5.92 Å². The fourth-order valence-corrected chi connectivity index (χ4v) is 3.92. The van der Waals surface area contributed by atoms with Crippen LogP contribution in [0.1, 0.15) is 39.4 Å². The Morgan fingerprint density at radius 1 is 1.24 bits per heavy atom. The molecule has 0 radical (unpaired) electrons. The van der Waals surface area contributed by atoms with E-state index in [0.29, 0.717) is 37.1 Å². The lowest BCUT2D eigenvalue weighted by atomic mass is 10.1. The normalized spacial score (nSPS) is 12.2. The van der Waals surface area contributed by atoms with Crippen molar-refractivity contribution in [1.29, 1.82) is 0 Å². The predicted octanol–water partition coefficient (Wildman–Crippen LogP) is 1.51. The van der Waals surface area contributed by atoms with Gasteiger partial charge < -0.3 is 9.09 Å². The number of aromatic nitrogens is 3. The lowest BCUT2D eigenvalue weighted by Gasteiger charge is -2.18. The molecule has 0 saturated carbocycles. The van der Waals surface area contributed by atoms with Crippen molar-refractivity contribution in [2.45, 2.75) is 45.6 Å². The summed E-state index contributed by atoms with van der Waals surface area (Å²) >= 11 is 0. The van der Waals surface area contributed by atoms with Crippen molar-refractivity contribution in [3.8, 4) is 0 Å². The maximum Gasteiger partial charge on any atom is 0.251 e. The third kappa shape index (κ3) is 4.55. The molecule has 0 aliphatic rings. The van der Waals surface area contributed by atoms with E-state index in [0.717, 1.165) is 0 Å². The summed E-state index contributed by atoms with van der Waals surface area (Å²) in [5.41, 5.74) is -0.325. The number of rotatable bonds is 8. The van der Waals surface area contributed by atoms with Gasteiger partial charge in [0.1, 0.15) is 0 Å². The molecule has 2 heterocycles. The van der Waals surface area contributed by atoms with Gasteiger partial charge in [-0.1, -0.05) is 32.9 Å². The van der Waals surface area contributed by atoms with Gasteiger partial charge in [-0.15, -0.1) is 0 Å². The van der Waals surface area contributed by atoms with Crippen LogP contribution in [-0.2, 0) is 23.0 Å². The summed E-state index contributed by atoms with van der Waals surface area (Å²) in [6.07, 6.45) is 1.98. The zero-order valence-electron chi connectivity index (χ0n) is 15.0. The first-order chi connectivity index (χ1) is 11.8. The fourth-order valence-electron chi connectivity index (χ4n) is 2.44. The molecule has 0 N–H and O–H groups in total. The smallest absolute Gasteiger partial charge is 0.251 e. The molecule has 0 aromatic carbocycles. The van der Waals surface area contributed by atoms with Crippen LogP contribution in [0.15, 0.2) is 32.5 Å². The second kappa shape index (κ2) is 7.92. The highest BCUT2D eigenvalue weighted by molar-refractivity contribution is 7.89. The predicted molar refractivity (Wildman–Crippen MR) is 92.8 cm³/mol. The van der Waals surface area contributed by atoms with E-state index in [-0.39, 0.29) is 17.0 Å². The zero-order chi connectivity index (χ0) is 18.6. The highest BCUT2D eigenvalue weighted by atomic mass is 32.2. The van der Waals surface area contributed by atoms with Crippen LogP contribution < -0.4 is 5.56 Å². The van der Waals surface area contributed by atoms with Gasteiger partial charge in [0.2, 0.25) is 15.9 Å². The van der Waals surface area contributed by atoms with Gasteiger partial charge in [0.25, 0.3) is 5.56 Å². The number of sulfonamides is 1. The Morgan fingerprint density at radius 3 is 2.52 bits per heavy atom. The molecule has 0 aliphatic heterocycles. The fraction of sp³-hybridized carbons (Fsp3) is 0.562. The van der Waals surface area contributed by atoms with E-state index in [2.05, 4.69) is 10.1 Å². The van der Waals surface area contributed by atoms with Gasteiger partial charge in [0.15, 0.2) is 5.82 Å². The summed E-state index contributed by atoms with van der Waals surface area (Å²) < 4.78 is 33.0. The van der Waals surface area contributed by atoms with Crippen molar-refractivity contribution in [3.63, 3.8) is 0 Å². The molecule has 8 nitrogen and oxygen atoms in total. The average Bonchev–Trinajstić information content (AvgIpc) is 2.96. The first kappa shape index (κ1) is 19.3. The molecule has 25 heavy (non-hydrogen) atoms. The van der Waals surface area contributed by atoms with Gasteiger partial charge in [-0.3, -0.25) is 4.79 Å².